The molecule has 1 aromatic heterocycles. The number of hydrogen-bond donors (Lipinski definition) is 2. The summed E-state index contributed by atoms with van der Waals surface area (Å²) in [6, 6.07) is 0. The first-order valence-corrected chi connectivity index (χ1v) is 5.68. The predicted molar refractivity (Wildman–Crippen MR) is 68.3 cm³/mol. The van der Waals surface area contributed by atoms with Crippen LogP contribution in [0.3, 0.4) is 0 Å². The lowest BCUT2D eigenvalue weighted by Gasteiger charge is -2.19. The normalized spacial score (nSPS) is 11.0. The zero-order chi connectivity index (χ0) is 14.8. The highest BCUT2D eigenvalue weighted by Gasteiger charge is 2.21. The molecule has 0 saturated heterocycles. The van der Waals surface area contributed by atoms with Crippen LogP contribution in [0.15, 0.2) is 0 Å². The fourth-order valence-corrected chi connectivity index (χ4v) is 1.24. The first kappa shape index (κ1) is 14.9. The fourth-order valence-electron chi connectivity index (χ4n) is 1.24. The number of carboxylic acid groups (broad SMARTS) is 1. The maximum absolute atomic E-state index is 11.6. The minimum Gasteiger partial charge on any atom is -0.476 e. The predicted octanol–water partition coefficient (Wildman–Crippen LogP) is 2.14. The summed E-state index contributed by atoms with van der Waals surface area (Å²) >= 11 is 0. The van der Waals surface area contributed by atoms with Gasteiger partial charge in [0.2, 0.25) is 0 Å². The Kier molecular flexibility index (Phi) is 4.08. The van der Waals surface area contributed by atoms with Crippen LogP contribution in [0.2, 0.25) is 0 Å². The van der Waals surface area contributed by atoms with Crippen LogP contribution >= 0.6 is 0 Å². The summed E-state index contributed by atoms with van der Waals surface area (Å²) in [4.78, 5) is 30.6. The molecule has 1 heterocycles. The Bertz CT molecular complexity index is 520. The number of aromatic carboxylic acids is 1. The topological polar surface area (TPSA) is 101 Å². The summed E-state index contributed by atoms with van der Waals surface area (Å²) in [5.41, 5.74) is 0.0397. The molecule has 0 radical (unpaired) electrons. The molecular formula is C12H17N3O4. The van der Waals surface area contributed by atoms with Crippen LogP contribution < -0.4 is 5.32 Å². The highest BCUT2D eigenvalue weighted by Crippen LogP contribution is 2.15. The molecule has 0 aromatic carbocycles. The van der Waals surface area contributed by atoms with Crippen LogP contribution in [0.4, 0.5) is 10.6 Å². The summed E-state index contributed by atoms with van der Waals surface area (Å²) in [5.74, 6) is -1.38. The monoisotopic (exact) mass is 267 g/mol. The number of carboxylic acids is 1. The molecule has 7 heteroatoms. The molecule has 0 fully saturated rings. The third kappa shape index (κ3) is 4.20. The molecule has 104 valence electrons. The molecule has 1 rings (SSSR count). The molecular weight excluding hydrogens is 250 g/mol. The van der Waals surface area contributed by atoms with Crippen molar-refractivity contribution in [2.24, 2.45) is 0 Å². The highest BCUT2D eigenvalue weighted by atomic mass is 16.6. The van der Waals surface area contributed by atoms with Crippen molar-refractivity contribution >= 4 is 17.9 Å². The second-order valence-electron chi connectivity index (χ2n) is 5.02. The van der Waals surface area contributed by atoms with Crippen LogP contribution in [-0.4, -0.2) is 32.7 Å². The number of nitrogens with one attached hydrogen (secondary N) is 1. The second-order valence-corrected chi connectivity index (χ2v) is 5.02. The van der Waals surface area contributed by atoms with Gasteiger partial charge in [0.15, 0.2) is 11.5 Å². The van der Waals surface area contributed by atoms with E-state index in [1.807, 2.05) is 0 Å². The van der Waals surface area contributed by atoms with Crippen molar-refractivity contribution in [3.63, 3.8) is 0 Å². The Balaban J connectivity index is 3.03. The van der Waals surface area contributed by atoms with E-state index >= 15 is 0 Å². The number of rotatable bonds is 2. The van der Waals surface area contributed by atoms with Crippen molar-refractivity contribution in [2.45, 2.75) is 40.2 Å². The molecule has 2 N–H and O–H groups in total. The summed E-state index contributed by atoms with van der Waals surface area (Å²) < 4.78 is 5.04. The lowest BCUT2D eigenvalue weighted by Crippen LogP contribution is -2.28. The smallest absolute Gasteiger partial charge is 0.413 e. The van der Waals surface area contributed by atoms with Gasteiger partial charge in [0.1, 0.15) is 5.60 Å². The van der Waals surface area contributed by atoms with Gasteiger partial charge in [-0.05, 0) is 34.6 Å². The van der Waals surface area contributed by atoms with Gasteiger partial charge in [0.05, 0.1) is 11.4 Å². The van der Waals surface area contributed by atoms with E-state index in [4.69, 9.17) is 9.84 Å². The van der Waals surface area contributed by atoms with Gasteiger partial charge in [-0.25, -0.2) is 19.6 Å². The largest absolute Gasteiger partial charge is 0.476 e. The number of hydrogen-bond acceptors (Lipinski definition) is 5. The number of amides is 1. The molecule has 19 heavy (non-hydrogen) atoms. The second kappa shape index (κ2) is 5.21. The van der Waals surface area contributed by atoms with E-state index in [1.165, 1.54) is 0 Å². The molecule has 1 amide bonds. The zero-order valence-electron chi connectivity index (χ0n) is 11.6. The van der Waals surface area contributed by atoms with E-state index < -0.39 is 17.7 Å². The Hall–Kier alpha value is -2.18. The summed E-state index contributed by atoms with van der Waals surface area (Å²) in [6.07, 6.45) is -0.771. The molecule has 7 nitrogen and oxygen atoms in total. The maximum atomic E-state index is 11.6. The van der Waals surface area contributed by atoms with E-state index in [9.17, 15) is 9.59 Å². The van der Waals surface area contributed by atoms with Gasteiger partial charge >= 0.3 is 12.1 Å². The molecule has 0 aliphatic rings. The van der Waals surface area contributed by atoms with E-state index in [-0.39, 0.29) is 11.5 Å². The van der Waals surface area contributed by atoms with Gasteiger partial charge in [-0.15, -0.1) is 0 Å². The first-order chi connectivity index (χ1) is 8.60. The standard InChI is InChI=1S/C12H17N3O4/c1-6-7(2)14-9(8(13-6)10(16)17)15-11(18)19-12(3,4)5/h1-5H3,(H,16,17)(H,14,15,18). The third-order valence-corrected chi connectivity index (χ3v) is 2.13. The maximum Gasteiger partial charge on any atom is 0.413 e. The minimum absolute atomic E-state index is 0.121. The van der Waals surface area contributed by atoms with E-state index in [0.717, 1.165) is 0 Å². The first-order valence-electron chi connectivity index (χ1n) is 5.68. The molecule has 0 atom stereocenters. The lowest BCUT2D eigenvalue weighted by atomic mass is 10.2. The molecule has 0 saturated carbocycles. The van der Waals surface area contributed by atoms with Crippen LogP contribution in [-0.2, 0) is 4.74 Å². The van der Waals surface area contributed by atoms with Crippen molar-refractivity contribution in [1.82, 2.24) is 9.97 Å². The van der Waals surface area contributed by atoms with Crippen LogP contribution in [0.1, 0.15) is 42.6 Å². The molecule has 0 unspecified atom stereocenters. The number of carbonyl (C=O) groups excluding carboxylic acids is 1. The SMILES string of the molecule is Cc1nc(NC(=O)OC(C)(C)C)c(C(=O)O)nc1C. The van der Waals surface area contributed by atoms with Crippen molar-refractivity contribution in [3.05, 3.63) is 17.1 Å². The molecule has 0 spiro atoms. The number of carbonyl (C=O) groups is 2. The van der Waals surface area contributed by atoms with Gasteiger partial charge in [-0.1, -0.05) is 0 Å². The molecule has 0 aliphatic heterocycles. The number of anilines is 1. The van der Waals surface area contributed by atoms with Crippen LogP contribution in [0.25, 0.3) is 0 Å². The average Bonchev–Trinajstić information content (AvgIpc) is 2.19. The van der Waals surface area contributed by atoms with Gasteiger partial charge in [-0.2, -0.15) is 0 Å². The number of aryl methyl sites for hydroxylation is 2. The Labute approximate surface area is 111 Å². The van der Waals surface area contributed by atoms with Crippen LogP contribution in [0.5, 0.6) is 0 Å². The van der Waals surface area contributed by atoms with E-state index in [0.29, 0.717) is 11.4 Å². The fraction of sp³-hybridized carbons (Fsp3) is 0.500. The van der Waals surface area contributed by atoms with Gasteiger partial charge in [0, 0.05) is 0 Å². The highest BCUT2D eigenvalue weighted by molar-refractivity contribution is 5.95. The van der Waals surface area contributed by atoms with Crippen molar-refractivity contribution in [1.29, 1.82) is 0 Å². The number of nitrogens with zero attached hydrogens (tertiary/aromatic N) is 2. The van der Waals surface area contributed by atoms with Crippen molar-refractivity contribution in [2.75, 3.05) is 5.32 Å². The quantitative estimate of drug-likeness (QED) is 0.851. The summed E-state index contributed by atoms with van der Waals surface area (Å²) in [5, 5.41) is 11.3. The van der Waals surface area contributed by atoms with Gasteiger partial charge in [0.25, 0.3) is 0 Å². The number of aromatic nitrogens is 2. The molecule has 1 aromatic rings. The average molecular weight is 267 g/mol. The Morgan fingerprint density at radius 2 is 1.68 bits per heavy atom. The van der Waals surface area contributed by atoms with Gasteiger partial charge < -0.3 is 9.84 Å². The minimum atomic E-state index is -1.26. The third-order valence-electron chi connectivity index (χ3n) is 2.13. The molecule has 0 bridgehead atoms. The zero-order valence-corrected chi connectivity index (χ0v) is 11.6. The Morgan fingerprint density at radius 3 is 2.16 bits per heavy atom. The number of ether oxygens (including phenoxy) is 1. The molecule has 0 aliphatic carbocycles. The van der Waals surface area contributed by atoms with Crippen molar-refractivity contribution in [3.8, 4) is 0 Å². The summed E-state index contributed by atoms with van der Waals surface area (Å²) in [6.45, 7) is 8.44. The van der Waals surface area contributed by atoms with E-state index in [2.05, 4.69) is 15.3 Å². The lowest BCUT2D eigenvalue weighted by molar-refractivity contribution is 0.0635. The van der Waals surface area contributed by atoms with E-state index in [1.54, 1.807) is 34.6 Å². The summed E-state index contributed by atoms with van der Waals surface area (Å²) in [7, 11) is 0. The van der Waals surface area contributed by atoms with Crippen LogP contribution in [0, 0.1) is 13.8 Å². The van der Waals surface area contributed by atoms with Crippen molar-refractivity contribution < 1.29 is 19.4 Å². The van der Waals surface area contributed by atoms with Gasteiger partial charge in [-0.3, -0.25) is 5.32 Å². The Morgan fingerprint density at radius 1 is 1.16 bits per heavy atom.